The van der Waals surface area contributed by atoms with E-state index in [-0.39, 0.29) is 12.5 Å². The van der Waals surface area contributed by atoms with Crippen LogP contribution in [0, 0.1) is 5.92 Å². The van der Waals surface area contributed by atoms with Crippen molar-refractivity contribution in [1.82, 2.24) is 5.32 Å². The summed E-state index contributed by atoms with van der Waals surface area (Å²) < 4.78 is 5.20. The first-order valence-corrected chi connectivity index (χ1v) is 6.60. The van der Waals surface area contributed by atoms with Gasteiger partial charge in [-0.15, -0.1) is 0 Å². The zero-order valence-corrected chi connectivity index (χ0v) is 12.0. The first-order chi connectivity index (χ1) is 9.41. The van der Waals surface area contributed by atoms with Gasteiger partial charge >= 0.3 is 5.97 Å². The third kappa shape index (κ3) is 5.01. The molecule has 2 N–H and O–H groups in total. The van der Waals surface area contributed by atoms with Crippen molar-refractivity contribution in [2.45, 2.75) is 39.5 Å². The highest BCUT2D eigenvalue weighted by Crippen LogP contribution is 2.07. The monoisotopic (exact) mass is 279 g/mol. The van der Waals surface area contributed by atoms with E-state index in [0.29, 0.717) is 0 Å². The van der Waals surface area contributed by atoms with Crippen molar-refractivity contribution in [3.63, 3.8) is 0 Å². The number of amides is 1. The highest BCUT2D eigenvalue weighted by Gasteiger charge is 2.26. The lowest BCUT2D eigenvalue weighted by molar-refractivity contribution is -0.151. The van der Waals surface area contributed by atoms with E-state index >= 15 is 0 Å². The lowest BCUT2D eigenvalue weighted by atomic mass is 10.0. The Morgan fingerprint density at radius 1 is 1.20 bits per heavy atom. The molecule has 0 spiro atoms. The van der Waals surface area contributed by atoms with Crippen LogP contribution in [0.15, 0.2) is 30.3 Å². The van der Waals surface area contributed by atoms with Gasteiger partial charge in [0.1, 0.15) is 18.8 Å². The summed E-state index contributed by atoms with van der Waals surface area (Å²) in [5, 5.41) is 11.7. The normalized spacial score (nSPS) is 13.7. The minimum atomic E-state index is -1.15. The fraction of sp³-hybridized carbons (Fsp3) is 0.467. The Bertz CT molecular complexity index is 442. The van der Waals surface area contributed by atoms with Gasteiger partial charge in [0.15, 0.2) is 0 Å². The maximum atomic E-state index is 12.0. The van der Waals surface area contributed by atoms with Crippen molar-refractivity contribution >= 4 is 11.9 Å². The van der Waals surface area contributed by atoms with E-state index in [1.54, 1.807) is 13.8 Å². The molecular formula is C15H21NO4. The summed E-state index contributed by atoms with van der Waals surface area (Å²) in [6, 6.07) is 8.54. The zero-order chi connectivity index (χ0) is 15.1. The Labute approximate surface area is 118 Å². The highest BCUT2D eigenvalue weighted by molar-refractivity contribution is 5.86. The molecule has 0 fully saturated rings. The first kappa shape index (κ1) is 16.2. The zero-order valence-electron chi connectivity index (χ0n) is 12.0. The third-order valence-corrected chi connectivity index (χ3v) is 2.82. The lowest BCUT2D eigenvalue weighted by Crippen LogP contribution is -2.48. The van der Waals surface area contributed by atoms with Gasteiger partial charge in [0.2, 0.25) is 5.91 Å². The molecule has 20 heavy (non-hydrogen) atoms. The molecule has 0 aliphatic heterocycles. The van der Waals surface area contributed by atoms with Gasteiger partial charge in [-0.1, -0.05) is 44.2 Å². The molecule has 1 aromatic carbocycles. The van der Waals surface area contributed by atoms with Gasteiger partial charge in [0, 0.05) is 0 Å². The molecule has 0 unspecified atom stereocenters. The number of hydrogen-bond donors (Lipinski definition) is 2. The average Bonchev–Trinajstić information content (AvgIpc) is 2.42. The molecule has 0 saturated heterocycles. The van der Waals surface area contributed by atoms with Crippen LogP contribution in [0.5, 0.6) is 0 Å². The molecule has 5 heteroatoms. The Kier molecular flexibility index (Phi) is 6.18. The van der Waals surface area contributed by atoms with Crippen molar-refractivity contribution in [2.75, 3.05) is 0 Å². The van der Waals surface area contributed by atoms with Crippen LogP contribution in [-0.2, 0) is 20.9 Å². The molecule has 110 valence electrons. The van der Waals surface area contributed by atoms with Gasteiger partial charge in [-0.25, -0.2) is 4.79 Å². The van der Waals surface area contributed by atoms with Gasteiger partial charge in [0.05, 0.1) is 0 Å². The van der Waals surface area contributed by atoms with Crippen molar-refractivity contribution in [2.24, 2.45) is 5.92 Å². The smallest absolute Gasteiger partial charge is 0.329 e. The van der Waals surface area contributed by atoms with E-state index in [9.17, 15) is 14.7 Å². The minimum Gasteiger partial charge on any atom is -0.459 e. The molecular weight excluding hydrogens is 258 g/mol. The minimum absolute atomic E-state index is 0.124. The third-order valence-electron chi connectivity index (χ3n) is 2.82. The van der Waals surface area contributed by atoms with Gasteiger partial charge in [-0.05, 0) is 18.4 Å². The molecule has 1 rings (SSSR count). The van der Waals surface area contributed by atoms with Gasteiger partial charge < -0.3 is 15.2 Å². The molecule has 0 aliphatic carbocycles. The second kappa shape index (κ2) is 7.65. The number of nitrogens with one attached hydrogen (secondary N) is 1. The van der Waals surface area contributed by atoms with Crippen LogP contribution in [0.1, 0.15) is 26.3 Å². The van der Waals surface area contributed by atoms with E-state index < -0.39 is 24.0 Å². The Balaban J connectivity index is 2.58. The van der Waals surface area contributed by atoms with Crippen LogP contribution in [0.2, 0.25) is 0 Å². The van der Waals surface area contributed by atoms with Crippen molar-refractivity contribution < 1.29 is 19.4 Å². The maximum Gasteiger partial charge on any atom is 0.329 e. The lowest BCUT2D eigenvalue weighted by Gasteiger charge is -2.21. The molecule has 1 aromatic rings. The van der Waals surface area contributed by atoms with Gasteiger partial charge in [0.25, 0.3) is 0 Å². The molecule has 0 bridgehead atoms. The molecule has 5 nitrogen and oxygen atoms in total. The number of aliphatic hydroxyl groups is 1. The van der Waals surface area contributed by atoms with Crippen molar-refractivity contribution in [3.05, 3.63) is 35.9 Å². The second-order valence-electron chi connectivity index (χ2n) is 5.00. The Morgan fingerprint density at radius 3 is 2.30 bits per heavy atom. The average molecular weight is 279 g/mol. The van der Waals surface area contributed by atoms with Crippen LogP contribution < -0.4 is 5.32 Å². The van der Waals surface area contributed by atoms with Crippen LogP contribution in [-0.4, -0.2) is 29.1 Å². The number of carbonyl (C=O) groups is 2. The topological polar surface area (TPSA) is 75.6 Å². The quantitative estimate of drug-likeness (QED) is 0.768. The van der Waals surface area contributed by atoms with Crippen molar-refractivity contribution in [3.8, 4) is 0 Å². The SMILES string of the molecule is CC(C)[C@H](NC(=O)[C@H](C)O)C(=O)OCc1ccccc1. The van der Waals surface area contributed by atoms with E-state index in [1.807, 2.05) is 30.3 Å². The fourth-order valence-corrected chi connectivity index (χ4v) is 1.59. The van der Waals surface area contributed by atoms with Crippen LogP contribution in [0.4, 0.5) is 0 Å². The highest BCUT2D eigenvalue weighted by atomic mass is 16.5. The standard InChI is InChI=1S/C15H21NO4/c1-10(2)13(16-14(18)11(3)17)15(19)20-9-12-7-5-4-6-8-12/h4-8,10-11,13,17H,9H2,1-3H3,(H,16,18)/t11-,13-/m0/s1. The molecule has 0 radical (unpaired) electrons. The van der Waals surface area contributed by atoms with Crippen LogP contribution in [0.3, 0.4) is 0 Å². The molecule has 0 saturated carbocycles. The number of ether oxygens (including phenoxy) is 1. The van der Waals surface area contributed by atoms with Gasteiger partial charge in [-0.3, -0.25) is 4.79 Å². The molecule has 0 aromatic heterocycles. The predicted octanol–water partition coefficient (Wildman–Crippen LogP) is 1.25. The van der Waals surface area contributed by atoms with Crippen LogP contribution >= 0.6 is 0 Å². The van der Waals surface area contributed by atoms with E-state index in [4.69, 9.17) is 4.74 Å². The summed E-state index contributed by atoms with van der Waals surface area (Å²) in [6.07, 6.45) is -1.15. The number of aliphatic hydroxyl groups excluding tert-OH is 1. The predicted molar refractivity (Wildman–Crippen MR) is 74.7 cm³/mol. The number of esters is 1. The maximum absolute atomic E-state index is 12.0. The molecule has 1 amide bonds. The first-order valence-electron chi connectivity index (χ1n) is 6.60. The Morgan fingerprint density at radius 2 is 1.80 bits per heavy atom. The van der Waals surface area contributed by atoms with E-state index in [2.05, 4.69) is 5.32 Å². The summed E-state index contributed by atoms with van der Waals surface area (Å²) in [5.41, 5.74) is 0.880. The summed E-state index contributed by atoms with van der Waals surface area (Å²) in [7, 11) is 0. The number of hydrogen-bond acceptors (Lipinski definition) is 4. The molecule has 0 heterocycles. The van der Waals surface area contributed by atoms with Crippen LogP contribution in [0.25, 0.3) is 0 Å². The second-order valence-corrected chi connectivity index (χ2v) is 5.00. The van der Waals surface area contributed by atoms with Gasteiger partial charge in [-0.2, -0.15) is 0 Å². The fourth-order valence-electron chi connectivity index (χ4n) is 1.59. The number of rotatable bonds is 6. The Hall–Kier alpha value is -1.88. The number of carbonyl (C=O) groups excluding carboxylic acids is 2. The van der Waals surface area contributed by atoms with E-state index in [1.165, 1.54) is 6.92 Å². The van der Waals surface area contributed by atoms with Crippen molar-refractivity contribution in [1.29, 1.82) is 0 Å². The summed E-state index contributed by atoms with van der Waals surface area (Å²) in [5.74, 6) is -1.21. The summed E-state index contributed by atoms with van der Waals surface area (Å²) in [6.45, 7) is 5.11. The molecule has 2 atom stereocenters. The van der Waals surface area contributed by atoms with E-state index in [0.717, 1.165) is 5.56 Å². The number of benzene rings is 1. The summed E-state index contributed by atoms with van der Waals surface area (Å²) in [4.78, 5) is 23.5. The molecule has 0 aliphatic rings. The summed E-state index contributed by atoms with van der Waals surface area (Å²) >= 11 is 0. The largest absolute Gasteiger partial charge is 0.459 e.